The molecule has 0 spiro atoms. The number of rotatable bonds is 9. The molecule has 0 aliphatic carbocycles. The number of hydrogen-bond acceptors (Lipinski definition) is 3. The smallest absolute Gasteiger partial charge is 0.121 e. The molecule has 0 heterocycles. The molecule has 1 atom stereocenters. The highest BCUT2D eigenvalue weighted by atomic mass is 35.5. The van der Waals surface area contributed by atoms with Crippen molar-refractivity contribution in [3.8, 4) is 5.75 Å². The van der Waals surface area contributed by atoms with Gasteiger partial charge in [0.25, 0.3) is 0 Å². The fourth-order valence-electron chi connectivity index (χ4n) is 1.90. The van der Waals surface area contributed by atoms with Gasteiger partial charge in [-0.1, -0.05) is 31.5 Å². The van der Waals surface area contributed by atoms with Gasteiger partial charge in [-0.05, 0) is 38.2 Å². The van der Waals surface area contributed by atoms with Crippen molar-refractivity contribution < 1.29 is 4.74 Å². The van der Waals surface area contributed by atoms with Crippen LogP contribution in [-0.4, -0.2) is 43.7 Å². The second kappa shape index (κ2) is 9.18. The van der Waals surface area contributed by atoms with Crippen LogP contribution in [0.5, 0.6) is 5.75 Å². The van der Waals surface area contributed by atoms with E-state index in [2.05, 4.69) is 31.0 Å². The largest absolute Gasteiger partial charge is 0.489 e. The molecule has 0 fully saturated rings. The summed E-state index contributed by atoms with van der Waals surface area (Å²) in [7, 11) is 0. The van der Waals surface area contributed by atoms with E-state index >= 15 is 0 Å². The molecule has 0 saturated carbocycles. The topological polar surface area (TPSA) is 24.5 Å². The molecule has 108 valence electrons. The highest BCUT2D eigenvalue weighted by Gasteiger charge is 2.04. The highest BCUT2D eigenvalue weighted by Crippen LogP contribution is 2.18. The zero-order chi connectivity index (χ0) is 14.1. The van der Waals surface area contributed by atoms with E-state index in [0.29, 0.717) is 5.02 Å². The predicted molar refractivity (Wildman–Crippen MR) is 82.2 cm³/mol. The van der Waals surface area contributed by atoms with Gasteiger partial charge in [0.2, 0.25) is 0 Å². The average molecular weight is 285 g/mol. The van der Waals surface area contributed by atoms with Gasteiger partial charge in [-0.2, -0.15) is 0 Å². The molecule has 19 heavy (non-hydrogen) atoms. The minimum Gasteiger partial charge on any atom is -0.489 e. The third kappa shape index (κ3) is 6.81. The minimum atomic E-state index is 0.134. The summed E-state index contributed by atoms with van der Waals surface area (Å²) in [5.74, 6) is 0.825. The first-order valence-corrected chi connectivity index (χ1v) is 7.38. The quantitative estimate of drug-likeness (QED) is 0.706. The van der Waals surface area contributed by atoms with Crippen molar-refractivity contribution in [2.24, 2.45) is 0 Å². The number of benzene rings is 1. The molecule has 0 radical (unpaired) electrons. The summed E-state index contributed by atoms with van der Waals surface area (Å²) in [5, 5.41) is 4.13. The SMILES string of the molecule is CCN(CC)CCNCC(C)Oc1cccc(Cl)c1. The van der Waals surface area contributed by atoms with Crippen molar-refractivity contribution in [1.29, 1.82) is 0 Å². The maximum Gasteiger partial charge on any atom is 0.121 e. The molecule has 0 amide bonds. The van der Waals surface area contributed by atoms with E-state index in [4.69, 9.17) is 16.3 Å². The number of hydrogen-bond donors (Lipinski definition) is 1. The molecule has 0 saturated heterocycles. The Morgan fingerprint density at radius 3 is 2.68 bits per heavy atom. The van der Waals surface area contributed by atoms with Gasteiger partial charge in [0.05, 0.1) is 0 Å². The molecule has 0 aliphatic heterocycles. The number of likely N-dealkylation sites (N-methyl/N-ethyl adjacent to an activating group) is 1. The Morgan fingerprint density at radius 2 is 2.05 bits per heavy atom. The molecule has 0 aliphatic rings. The van der Waals surface area contributed by atoms with Gasteiger partial charge in [-0.25, -0.2) is 0 Å². The summed E-state index contributed by atoms with van der Waals surface area (Å²) in [6.07, 6.45) is 0.134. The molecule has 0 aromatic heterocycles. The van der Waals surface area contributed by atoms with Crippen molar-refractivity contribution in [3.63, 3.8) is 0 Å². The zero-order valence-electron chi connectivity index (χ0n) is 12.2. The van der Waals surface area contributed by atoms with Gasteiger partial charge in [-0.3, -0.25) is 0 Å². The van der Waals surface area contributed by atoms with Crippen LogP contribution < -0.4 is 10.1 Å². The summed E-state index contributed by atoms with van der Waals surface area (Å²) in [4.78, 5) is 2.40. The summed E-state index contributed by atoms with van der Waals surface area (Å²) in [6.45, 7) is 11.6. The van der Waals surface area contributed by atoms with E-state index in [1.54, 1.807) is 0 Å². The predicted octanol–water partition coefficient (Wildman–Crippen LogP) is 3.04. The van der Waals surface area contributed by atoms with E-state index in [1.807, 2.05) is 24.3 Å². The van der Waals surface area contributed by atoms with Gasteiger partial charge >= 0.3 is 0 Å². The molecule has 1 rings (SSSR count). The summed E-state index contributed by atoms with van der Waals surface area (Å²) in [5.41, 5.74) is 0. The standard InChI is InChI=1S/C15H25ClN2O/c1-4-18(5-2)10-9-17-12-13(3)19-15-8-6-7-14(16)11-15/h6-8,11,13,17H,4-5,9-10,12H2,1-3H3. The van der Waals surface area contributed by atoms with Crippen LogP contribution in [0.4, 0.5) is 0 Å². The normalized spacial score (nSPS) is 12.7. The van der Waals surface area contributed by atoms with Crippen LogP contribution >= 0.6 is 11.6 Å². The molecular formula is C15H25ClN2O. The molecule has 4 heteroatoms. The molecular weight excluding hydrogens is 260 g/mol. The van der Waals surface area contributed by atoms with Crippen LogP contribution in [0.1, 0.15) is 20.8 Å². The Hall–Kier alpha value is -0.770. The van der Waals surface area contributed by atoms with Gasteiger partial charge in [-0.15, -0.1) is 0 Å². The first kappa shape index (κ1) is 16.3. The zero-order valence-corrected chi connectivity index (χ0v) is 12.9. The van der Waals surface area contributed by atoms with Crippen molar-refractivity contribution in [1.82, 2.24) is 10.2 Å². The number of halogens is 1. The second-order valence-electron chi connectivity index (χ2n) is 4.62. The van der Waals surface area contributed by atoms with Crippen molar-refractivity contribution in [2.45, 2.75) is 26.9 Å². The van der Waals surface area contributed by atoms with Crippen LogP contribution in [0.25, 0.3) is 0 Å². The van der Waals surface area contributed by atoms with E-state index in [-0.39, 0.29) is 6.10 Å². The Balaban J connectivity index is 2.19. The Bertz CT molecular complexity index is 356. The number of ether oxygens (including phenoxy) is 1. The maximum absolute atomic E-state index is 5.92. The van der Waals surface area contributed by atoms with Crippen molar-refractivity contribution in [3.05, 3.63) is 29.3 Å². The Morgan fingerprint density at radius 1 is 1.32 bits per heavy atom. The van der Waals surface area contributed by atoms with Gasteiger partial charge < -0.3 is 15.0 Å². The van der Waals surface area contributed by atoms with Gasteiger partial charge in [0, 0.05) is 24.7 Å². The lowest BCUT2D eigenvalue weighted by atomic mass is 10.3. The summed E-state index contributed by atoms with van der Waals surface area (Å²) in [6, 6.07) is 7.52. The van der Waals surface area contributed by atoms with Crippen LogP contribution in [0.15, 0.2) is 24.3 Å². The molecule has 3 nitrogen and oxygen atoms in total. The first-order valence-electron chi connectivity index (χ1n) is 7.01. The van der Waals surface area contributed by atoms with Crippen LogP contribution in [0.3, 0.4) is 0 Å². The lowest BCUT2D eigenvalue weighted by Gasteiger charge is -2.20. The van der Waals surface area contributed by atoms with Crippen LogP contribution in [-0.2, 0) is 0 Å². The maximum atomic E-state index is 5.92. The molecule has 1 unspecified atom stereocenters. The van der Waals surface area contributed by atoms with Gasteiger partial charge in [0.15, 0.2) is 0 Å². The van der Waals surface area contributed by atoms with Crippen LogP contribution in [0, 0.1) is 0 Å². The highest BCUT2D eigenvalue weighted by molar-refractivity contribution is 6.30. The Kier molecular flexibility index (Phi) is 7.87. The molecule has 1 aromatic rings. The van der Waals surface area contributed by atoms with E-state index in [1.165, 1.54) is 0 Å². The van der Waals surface area contributed by atoms with E-state index in [0.717, 1.165) is 38.5 Å². The molecule has 1 N–H and O–H groups in total. The fraction of sp³-hybridized carbons (Fsp3) is 0.600. The first-order chi connectivity index (χ1) is 9.15. The number of nitrogens with one attached hydrogen (secondary N) is 1. The monoisotopic (exact) mass is 284 g/mol. The Labute approximate surface area is 121 Å². The summed E-state index contributed by atoms with van der Waals surface area (Å²) >= 11 is 5.92. The van der Waals surface area contributed by atoms with E-state index < -0.39 is 0 Å². The van der Waals surface area contributed by atoms with E-state index in [9.17, 15) is 0 Å². The minimum absolute atomic E-state index is 0.134. The van der Waals surface area contributed by atoms with Crippen molar-refractivity contribution >= 4 is 11.6 Å². The second-order valence-corrected chi connectivity index (χ2v) is 5.05. The molecule has 1 aromatic carbocycles. The lowest BCUT2D eigenvalue weighted by Crippen LogP contribution is -2.36. The van der Waals surface area contributed by atoms with Crippen LogP contribution in [0.2, 0.25) is 5.02 Å². The molecule has 0 bridgehead atoms. The third-order valence-corrected chi connectivity index (χ3v) is 3.30. The fourth-order valence-corrected chi connectivity index (χ4v) is 2.08. The van der Waals surface area contributed by atoms with Gasteiger partial charge in [0.1, 0.15) is 11.9 Å². The summed E-state index contributed by atoms with van der Waals surface area (Å²) < 4.78 is 5.79. The lowest BCUT2D eigenvalue weighted by molar-refractivity contribution is 0.213. The average Bonchev–Trinajstić information content (AvgIpc) is 2.39. The van der Waals surface area contributed by atoms with Crippen molar-refractivity contribution in [2.75, 3.05) is 32.7 Å². The third-order valence-electron chi connectivity index (χ3n) is 3.06. The number of nitrogens with zero attached hydrogens (tertiary/aromatic N) is 1.